The van der Waals surface area contributed by atoms with Crippen molar-refractivity contribution in [1.82, 2.24) is 4.90 Å². The van der Waals surface area contributed by atoms with Crippen LogP contribution in [0.4, 0.5) is 0 Å². The summed E-state index contributed by atoms with van der Waals surface area (Å²) in [4.78, 5) is 13.9. The number of carbonyl (C=O) groups excluding carboxylic acids is 1. The standard InChI is InChI=1S/C16H18BNO3.2H2/c1-18(12-11-13-5-3-2-4-6-13)16(19)14-7-9-15(10-8-14)17(20)21;;/h2-10,20-21H,11-12H2,1H3;2*1H. The molecule has 0 atom stereocenters. The maximum absolute atomic E-state index is 12.2. The van der Waals surface area contributed by atoms with E-state index in [4.69, 9.17) is 10.0 Å². The molecule has 0 radical (unpaired) electrons. The summed E-state index contributed by atoms with van der Waals surface area (Å²) in [6.45, 7) is 0.632. The van der Waals surface area contributed by atoms with Crippen LogP contribution in [0.15, 0.2) is 54.6 Å². The van der Waals surface area contributed by atoms with Crippen LogP contribution >= 0.6 is 0 Å². The lowest BCUT2D eigenvalue weighted by Gasteiger charge is -2.17. The van der Waals surface area contributed by atoms with Crippen molar-refractivity contribution in [3.05, 3.63) is 65.7 Å². The lowest BCUT2D eigenvalue weighted by atomic mass is 9.80. The van der Waals surface area contributed by atoms with Crippen molar-refractivity contribution in [3.8, 4) is 0 Å². The summed E-state index contributed by atoms with van der Waals surface area (Å²) in [5, 5.41) is 18.1. The number of nitrogens with zero attached hydrogens (tertiary/aromatic N) is 1. The molecular formula is C16H22BNO3. The third-order valence-corrected chi connectivity index (χ3v) is 3.38. The predicted octanol–water partition coefficient (Wildman–Crippen LogP) is 1.17. The summed E-state index contributed by atoms with van der Waals surface area (Å²) in [6, 6.07) is 16.3. The summed E-state index contributed by atoms with van der Waals surface area (Å²) in [5.41, 5.74) is 2.10. The number of hydrogen-bond acceptors (Lipinski definition) is 3. The van der Waals surface area contributed by atoms with Crippen molar-refractivity contribution >= 4 is 18.5 Å². The van der Waals surface area contributed by atoms with Gasteiger partial charge in [-0.2, -0.15) is 0 Å². The van der Waals surface area contributed by atoms with Gasteiger partial charge in [-0.1, -0.05) is 42.5 Å². The van der Waals surface area contributed by atoms with E-state index >= 15 is 0 Å². The van der Waals surface area contributed by atoms with E-state index in [0.717, 1.165) is 6.42 Å². The van der Waals surface area contributed by atoms with Gasteiger partial charge in [0, 0.05) is 22.0 Å². The van der Waals surface area contributed by atoms with Crippen molar-refractivity contribution in [1.29, 1.82) is 0 Å². The van der Waals surface area contributed by atoms with Gasteiger partial charge in [0.15, 0.2) is 0 Å². The second-order valence-electron chi connectivity index (χ2n) is 4.96. The van der Waals surface area contributed by atoms with E-state index in [0.29, 0.717) is 17.6 Å². The maximum Gasteiger partial charge on any atom is 0.488 e. The highest BCUT2D eigenvalue weighted by atomic mass is 16.4. The Hall–Kier alpha value is -2.11. The maximum atomic E-state index is 12.2. The molecule has 0 saturated carbocycles. The molecule has 0 saturated heterocycles. The molecule has 0 aromatic heterocycles. The summed E-state index contributed by atoms with van der Waals surface area (Å²) in [7, 11) is 0.255. The monoisotopic (exact) mass is 287 g/mol. The molecule has 5 heteroatoms. The Morgan fingerprint density at radius 1 is 1.10 bits per heavy atom. The van der Waals surface area contributed by atoms with Gasteiger partial charge in [-0.3, -0.25) is 4.79 Å². The first-order valence-electron chi connectivity index (χ1n) is 6.83. The van der Waals surface area contributed by atoms with E-state index in [1.165, 1.54) is 5.56 Å². The first-order valence-corrected chi connectivity index (χ1v) is 6.83. The van der Waals surface area contributed by atoms with Crippen LogP contribution in [0.3, 0.4) is 0 Å². The summed E-state index contributed by atoms with van der Waals surface area (Å²) in [6.07, 6.45) is 0.802. The summed E-state index contributed by atoms with van der Waals surface area (Å²) >= 11 is 0. The van der Waals surface area contributed by atoms with Crippen molar-refractivity contribution < 1.29 is 17.7 Å². The van der Waals surface area contributed by atoms with Crippen LogP contribution < -0.4 is 5.46 Å². The van der Waals surface area contributed by atoms with Crippen LogP contribution in [0, 0.1) is 0 Å². The largest absolute Gasteiger partial charge is 0.488 e. The van der Waals surface area contributed by atoms with Crippen LogP contribution in [-0.2, 0) is 6.42 Å². The van der Waals surface area contributed by atoms with Gasteiger partial charge >= 0.3 is 7.12 Å². The average Bonchev–Trinajstić information content (AvgIpc) is 2.53. The molecule has 2 N–H and O–H groups in total. The van der Waals surface area contributed by atoms with E-state index in [1.807, 2.05) is 30.3 Å². The molecule has 2 aromatic rings. The van der Waals surface area contributed by atoms with Gasteiger partial charge in [-0.15, -0.1) is 0 Å². The average molecular weight is 287 g/mol. The molecule has 0 unspecified atom stereocenters. The molecule has 0 fully saturated rings. The van der Waals surface area contributed by atoms with Gasteiger partial charge in [0.05, 0.1) is 0 Å². The highest BCUT2D eigenvalue weighted by Crippen LogP contribution is 2.05. The zero-order valence-electron chi connectivity index (χ0n) is 11.9. The minimum atomic E-state index is -1.51. The number of rotatable bonds is 5. The highest BCUT2D eigenvalue weighted by Gasteiger charge is 2.14. The number of carbonyl (C=O) groups is 1. The minimum Gasteiger partial charge on any atom is -0.423 e. The van der Waals surface area contributed by atoms with Gasteiger partial charge in [0.25, 0.3) is 5.91 Å². The van der Waals surface area contributed by atoms with Crippen LogP contribution in [0.2, 0.25) is 0 Å². The molecule has 21 heavy (non-hydrogen) atoms. The van der Waals surface area contributed by atoms with Gasteiger partial charge in [-0.25, -0.2) is 0 Å². The highest BCUT2D eigenvalue weighted by molar-refractivity contribution is 6.58. The number of hydrogen-bond donors (Lipinski definition) is 2. The Kier molecular flexibility index (Phi) is 5.14. The molecule has 1 amide bonds. The summed E-state index contributed by atoms with van der Waals surface area (Å²) < 4.78 is 0. The molecule has 0 aliphatic heterocycles. The molecule has 0 aliphatic rings. The van der Waals surface area contributed by atoms with Crippen LogP contribution in [0.25, 0.3) is 0 Å². The Balaban J connectivity index is 0.00000242. The van der Waals surface area contributed by atoms with Gasteiger partial charge in [0.1, 0.15) is 0 Å². The topological polar surface area (TPSA) is 60.8 Å². The molecule has 112 valence electrons. The first kappa shape index (κ1) is 15.3. The van der Waals surface area contributed by atoms with Crippen molar-refractivity contribution in [2.24, 2.45) is 0 Å². The first-order chi connectivity index (χ1) is 10.1. The van der Waals surface area contributed by atoms with Crippen molar-refractivity contribution in [2.45, 2.75) is 6.42 Å². The fourth-order valence-electron chi connectivity index (χ4n) is 2.06. The number of likely N-dealkylation sites (N-methyl/N-ethyl adjacent to an activating group) is 1. The Labute approximate surface area is 127 Å². The lowest BCUT2D eigenvalue weighted by Crippen LogP contribution is -2.31. The smallest absolute Gasteiger partial charge is 0.423 e. The van der Waals surface area contributed by atoms with Crippen molar-refractivity contribution in [3.63, 3.8) is 0 Å². The normalized spacial score (nSPS) is 10.2. The molecule has 4 nitrogen and oxygen atoms in total. The fourth-order valence-corrected chi connectivity index (χ4v) is 2.06. The van der Waals surface area contributed by atoms with Crippen LogP contribution in [-0.4, -0.2) is 41.6 Å². The van der Waals surface area contributed by atoms with E-state index in [2.05, 4.69) is 0 Å². The van der Waals surface area contributed by atoms with Gasteiger partial charge in [0.2, 0.25) is 0 Å². The van der Waals surface area contributed by atoms with E-state index < -0.39 is 7.12 Å². The van der Waals surface area contributed by atoms with Crippen LogP contribution in [0.1, 0.15) is 18.8 Å². The van der Waals surface area contributed by atoms with E-state index in [1.54, 1.807) is 36.2 Å². The molecule has 0 heterocycles. The number of benzene rings is 2. The predicted molar refractivity (Wildman–Crippen MR) is 87.6 cm³/mol. The molecule has 0 aliphatic carbocycles. The SMILES string of the molecule is CN(CCc1ccccc1)C(=O)c1ccc(B(O)O)cc1.[HH].[HH]. The quantitative estimate of drug-likeness (QED) is 0.812. The molecule has 0 spiro atoms. The van der Waals surface area contributed by atoms with E-state index in [-0.39, 0.29) is 8.76 Å². The second kappa shape index (κ2) is 7.06. The summed E-state index contributed by atoms with van der Waals surface area (Å²) in [5.74, 6) is -0.0788. The lowest BCUT2D eigenvalue weighted by molar-refractivity contribution is 0.0796. The molecule has 0 bridgehead atoms. The number of amides is 1. The molecule has 2 aromatic carbocycles. The van der Waals surface area contributed by atoms with Crippen LogP contribution in [0.5, 0.6) is 0 Å². The van der Waals surface area contributed by atoms with Crippen molar-refractivity contribution in [2.75, 3.05) is 13.6 Å². The van der Waals surface area contributed by atoms with Gasteiger partial charge in [-0.05, 0) is 29.6 Å². The van der Waals surface area contributed by atoms with E-state index in [9.17, 15) is 4.79 Å². The molecular weight excluding hydrogens is 265 g/mol. The Bertz CT molecular complexity index is 594. The minimum absolute atomic E-state index is 0. The van der Waals surface area contributed by atoms with Gasteiger partial charge < -0.3 is 14.9 Å². The third kappa shape index (κ3) is 4.18. The molecule has 2 rings (SSSR count). The second-order valence-corrected chi connectivity index (χ2v) is 4.96. The Morgan fingerprint density at radius 3 is 2.29 bits per heavy atom. The zero-order valence-corrected chi connectivity index (χ0v) is 11.9. The zero-order chi connectivity index (χ0) is 15.2. The third-order valence-electron chi connectivity index (χ3n) is 3.38. The Morgan fingerprint density at radius 2 is 1.71 bits per heavy atom. The fraction of sp³-hybridized carbons (Fsp3) is 0.188.